The van der Waals surface area contributed by atoms with Crippen molar-refractivity contribution in [2.45, 2.75) is 26.7 Å². The van der Waals surface area contributed by atoms with Crippen LogP contribution in [-0.2, 0) is 0 Å². The second-order valence-electron chi connectivity index (χ2n) is 6.81. The van der Waals surface area contributed by atoms with Crippen LogP contribution in [0.2, 0.25) is 0 Å². The quantitative estimate of drug-likeness (QED) is 0.391. The average Bonchev–Trinajstić information content (AvgIpc) is 2.72. The minimum atomic E-state index is 0.141. The molecule has 0 fully saturated rings. The van der Waals surface area contributed by atoms with Crippen molar-refractivity contribution in [2.24, 2.45) is 0 Å². The number of hydrogen-bond acceptors (Lipinski definition) is 2. The maximum absolute atomic E-state index is 11.6. The summed E-state index contributed by atoms with van der Waals surface area (Å²) in [6, 6.07) is 25.4. The van der Waals surface area contributed by atoms with Crippen molar-refractivity contribution >= 4 is 12.0 Å². The van der Waals surface area contributed by atoms with Crippen molar-refractivity contribution in [2.75, 3.05) is 18.0 Å². The fourth-order valence-electron chi connectivity index (χ4n) is 3.79. The van der Waals surface area contributed by atoms with E-state index in [4.69, 9.17) is 0 Å². The van der Waals surface area contributed by atoms with Crippen LogP contribution in [0.4, 0.5) is 5.69 Å². The van der Waals surface area contributed by atoms with E-state index >= 15 is 0 Å². The minimum Gasteiger partial charge on any atom is -0.372 e. The van der Waals surface area contributed by atoms with Crippen molar-refractivity contribution in [3.05, 3.63) is 101 Å². The van der Waals surface area contributed by atoms with Crippen molar-refractivity contribution in [1.29, 1.82) is 0 Å². The van der Waals surface area contributed by atoms with E-state index in [-0.39, 0.29) is 5.92 Å². The van der Waals surface area contributed by atoms with Crippen LogP contribution in [0, 0.1) is 6.92 Å². The third-order valence-corrected chi connectivity index (χ3v) is 5.25. The summed E-state index contributed by atoms with van der Waals surface area (Å²) < 4.78 is 0. The zero-order valence-corrected chi connectivity index (χ0v) is 16.4. The molecular weight excluding hydrogens is 330 g/mol. The van der Waals surface area contributed by atoms with E-state index in [0.29, 0.717) is 0 Å². The van der Waals surface area contributed by atoms with Crippen LogP contribution < -0.4 is 4.90 Å². The van der Waals surface area contributed by atoms with Crippen molar-refractivity contribution in [3.8, 4) is 0 Å². The van der Waals surface area contributed by atoms with Crippen LogP contribution in [0.15, 0.2) is 72.8 Å². The smallest absolute Gasteiger partial charge is 0.152 e. The number of carbonyl (C=O) groups is 1. The predicted octanol–water partition coefficient (Wildman–Crippen LogP) is 5.83. The summed E-state index contributed by atoms with van der Waals surface area (Å²) in [6.45, 7) is 8.17. The van der Waals surface area contributed by atoms with E-state index in [1.807, 2.05) is 6.07 Å². The van der Waals surface area contributed by atoms with E-state index in [1.165, 1.54) is 22.3 Å². The van der Waals surface area contributed by atoms with Gasteiger partial charge in [-0.25, -0.2) is 0 Å². The second-order valence-corrected chi connectivity index (χ2v) is 6.81. The minimum absolute atomic E-state index is 0.141. The molecule has 0 N–H and O–H groups in total. The molecule has 2 heteroatoms. The normalized spacial score (nSPS) is 11.8. The van der Waals surface area contributed by atoms with Gasteiger partial charge in [-0.3, -0.25) is 4.79 Å². The summed E-state index contributed by atoms with van der Waals surface area (Å²) in [5.41, 5.74) is 6.81. The van der Waals surface area contributed by atoms with Crippen molar-refractivity contribution < 1.29 is 4.79 Å². The molecule has 3 aromatic rings. The monoisotopic (exact) mass is 357 g/mol. The number of nitrogens with zero attached hydrogens (tertiary/aromatic N) is 1. The molecule has 0 saturated heterocycles. The first-order valence-corrected chi connectivity index (χ1v) is 9.64. The van der Waals surface area contributed by atoms with Crippen LogP contribution in [-0.4, -0.2) is 19.4 Å². The highest BCUT2D eigenvalue weighted by Gasteiger charge is 2.20. The molecule has 0 aliphatic rings. The Balaban J connectivity index is 2.20. The molecule has 0 aliphatic heterocycles. The Labute approximate surface area is 162 Å². The number of anilines is 1. The van der Waals surface area contributed by atoms with Crippen LogP contribution in [0.25, 0.3) is 0 Å². The molecular formula is C25H27NO. The zero-order chi connectivity index (χ0) is 19.2. The number of rotatable bonds is 7. The van der Waals surface area contributed by atoms with Crippen LogP contribution in [0.1, 0.15) is 52.4 Å². The largest absolute Gasteiger partial charge is 0.372 e. The Morgan fingerprint density at radius 3 is 2.15 bits per heavy atom. The Hall–Kier alpha value is -2.87. The van der Waals surface area contributed by atoms with Crippen LogP contribution in [0.3, 0.4) is 0 Å². The topological polar surface area (TPSA) is 20.3 Å². The summed E-state index contributed by atoms with van der Waals surface area (Å²) in [5, 5.41) is 0. The maximum atomic E-state index is 11.6. The molecule has 0 aromatic heterocycles. The van der Waals surface area contributed by atoms with Gasteiger partial charge in [-0.15, -0.1) is 0 Å². The van der Waals surface area contributed by atoms with Gasteiger partial charge >= 0.3 is 0 Å². The van der Waals surface area contributed by atoms with Crippen molar-refractivity contribution in [3.63, 3.8) is 0 Å². The summed E-state index contributed by atoms with van der Waals surface area (Å²) in [6.07, 6.45) is 0.961. The zero-order valence-electron chi connectivity index (χ0n) is 16.4. The van der Waals surface area contributed by atoms with E-state index in [2.05, 4.69) is 92.4 Å². The molecule has 2 nitrogen and oxygen atoms in total. The Morgan fingerprint density at radius 1 is 0.852 bits per heavy atom. The van der Waals surface area contributed by atoms with E-state index in [9.17, 15) is 4.79 Å². The van der Waals surface area contributed by atoms with Gasteiger partial charge < -0.3 is 4.90 Å². The first-order chi connectivity index (χ1) is 13.2. The molecule has 3 aromatic carbocycles. The predicted molar refractivity (Wildman–Crippen MR) is 114 cm³/mol. The number of carbonyl (C=O) groups excluding carboxylic acids is 1. The van der Waals surface area contributed by atoms with Gasteiger partial charge in [-0.1, -0.05) is 60.7 Å². The van der Waals surface area contributed by atoms with Crippen molar-refractivity contribution in [1.82, 2.24) is 0 Å². The van der Waals surface area contributed by atoms with Gasteiger partial charge in [0.2, 0.25) is 0 Å². The van der Waals surface area contributed by atoms with E-state index < -0.39 is 0 Å². The second kappa shape index (κ2) is 8.68. The lowest BCUT2D eigenvalue weighted by atomic mass is 9.82. The fraction of sp³-hybridized carbons (Fsp3) is 0.240. The standard InChI is InChI=1S/C25H27NO/c1-4-26(5-2)24-17-21(15-16-22(24)18-27)25(20-12-7-6-8-13-20)23-14-10-9-11-19(23)3/h6-18,25H,4-5H2,1-3H3. The van der Waals surface area contributed by atoms with E-state index in [1.54, 1.807) is 0 Å². The van der Waals surface area contributed by atoms with Crippen LogP contribution in [0.5, 0.6) is 0 Å². The van der Waals surface area contributed by atoms with E-state index in [0.717, 1.165) is 30.6 Å². The SMILES string of the molecule is CCN(CC)c1cc(C(c2ccccc2)c2ccccc2C)ccc1C=O. The highest BCUT2D eigenvalue weighted by Crippen LogP contribution is 2.36. The highest BCUT2D eigenvalue weighted by atomic mass is 16.1. The number of aldehydes is 1. The molecule has 1 unspecified atom stereocenters. The molecule has 0 aliphatic carbocycles. The molecule has 0 radical (unpaired) electrons. The molecule has 1 atom stereocenters. The van der Waals surface area contributed by atoms with Gasteiger partial charge in [0.25, 0.3) is 0 Å². The molecule has 138 valence electrons. The summed E-state index contributed by atoms with van der Waals surface area (Å²) in [5.74, 6) is 0.141. The third-order valence-electron chi connectivity index (χ3n) is 5.25. The number of hydrogen-bond donors (Lipinski definition) is 0. The summed E-state index contributed by atoms with van der Waals surface area (Å²) in [7, 11) is 0. The van der Waals surface area contributed by atoms with Gasteiger partial charge in [-0.2, -0.15) is 0 Å². The number of benzene rings is 3. The lowest BCUT2D eigenvalue weighted by molar-refractivity contribution is 0.112. The first kappa shape index (κ1) is 18.9. The van der Waals surface area contributed by atoms with Crippen LogP contribution >= 0.6 is 0 Å². The third kappa shape index (κ3) is 3.95. The highest BCUT2D eigenvalue weighted by molar-refractivity contribution is 5.85. The molecule has 0 spiro atoms. The van der Waals surface area contributed by atoms with Gasteiger partial charge in [0.05, 0.1) is 0 Å². The lowest BCUT2D eigenvalue weighted by Gasteiger charge is -2.26. The molecule has 0 saturated carbocycles. The molecule has 0 bridgehead atoms. The lowest BCUT2D eigenvalue weighted by Crippen LogP contribution is -2.23. The summed E-state index contributed by atoms with van der Waals surface area (Å²) >= 11 is 0. The molecule has 3 rings (SSSR count). The Kier molecular flexibility index (Phi) is 6.08. The Bertz CT molecular complexity index is 897. The fourth-order valence-corrected chi connectivity index (χ4v) is 3.79. The molecule has 0 heterocycles. The summed E-state index contributed by atoms with van der Waals surface area (Å²) in [4.78, 5) is 13.9. The average molecular weight is 357 g/mol. The maximum Gasteiger partial charge on any atom is 0.152 e. The van der Waals surface area contributed by atoms with Gasteiger partial charge in [-0.05, 0) is 55.2 Å². The van der Waals surface area contributed by atoms with Gasteiger partial charge in [0.1, 0.15) is 0 Å². The molecule has 27 heavy (non-hydrogen) atoms. The van der Waals surface area contributed by atoms with Gasteiger partial charge in [0, 0.05) is 30.3 Å². The van der Waals surface area contributed by atoms with Gasteiger partial charge in [0.15, 0.2) is 6.29 Å². The molecule has 0 amide bonds. The first-order valence-electron chi connectivity index (χ1n) is 9.64. The number of aryl methyl sites for hydroxylation is 1. The Morgan fingerprint density at radius 2 is 1.52 bits per heavy atom.